The van der Waals surface area contributed by atoms with Crippen LogP contribution in [0.25, 0.3) is 10.8 Å². The van der Waals surface area contributed by atoms with Gasteiger partial charge in [0.15, 0.2) is 5.78 Å². The van der Waals surface area contributed by atoms with Gasteiger partial charge < -0.3 is 4.42 Å². The quantitative estimate of drug-likeness (QED) is 0.678. The first-order valence-electron chi connectivity index (χ1n) is 7.61. The first kappa shape index (κ1) is 16.4. The molecular weight excluding hydrogens is 324 g/mol. The zero-order valence-electron chi connectivity index (χ0n) is 14.0. The van der Waals surface area contributed by atoms with Crippen molar-refractivity contribution in [2.45, 2.75) is 34.2 Å². The van der Waals surface area contributed by atoms with Crippen LogP contribution in [0.4, 0.5) is 0 Å². The predicted octanol–water partition coefficient (Wildman–Crippen LogP) is 3.74. The standard InChI is InChI=1S/C18H18N2O3S/c1-10-8-11(2)16(13(4)21)12(3)14(10)9-20-18(22)23-17(19-20)15-6-5-7-24-15/h5-8H,9H2,1-4H3. The molecule has 0 aliphatic rings. The van der Waals surface area contributed by atoms with Crippen LogP contribution in [0.1, 0.15) is 39.5 Å². The number of Topliss-reactive ketones (excluding diaryl/α,β-unsaturated/α-hetero) is 1. The number of ketones is 1. The number of hydrogen-bond donors (Lipinski definition) is 0. The van der Waals surface area contributed by atoms with Gasteiger partial charge in [-0.1, -0.05) is 12.1 Å². The minimum Gasteiger partial charge on any atom is -0.387 e. The van der Waals surface area contributed by atoms with E-state index in [1.165, 1.54) is 16.0 Å². The highest BCUT2D eigenvalue weighted by Gasteiger charge is 2.17. The Morgan fingerprint density at radius 1 is 1.29 bits per heavy atom. The van der Waals surface area contributed by atoms with Crippen LogP contribution in [0.5, 0.6) is 0 Å². The van der Waals surface area contributed by atoms with E-state index < -0.39 is 5.76 Å². The molecule has 0 unspecified atom stereocenters. The van der Waals surface area contributed by atoms with Crippen LogP contribution in [0.3, 0.4) is 0 Å². The highest BCUT2D eigenvalue weighted by atomic mass is 32.1. The molecule has 3 rings (SSSR count). The van der Waals surface area contributed by atoms with E-state index in [1.807, 2.05) is 44.4 Å². The number of aromatic nitrogens is 2. The van der Waals surface area contributed by atoms with E-state index in [9.17, 15) is 9.59 Å². The van der Waals surface area contributed by atoms with Gasteiger partial charge in [0.05, 0.1) is 11.4 Å². The summed E-state index contributed by atoms with van der Waals surface area (Å²) < 4.78 is 6.56. The second-order valence-corrected chi connectivity index (χ2v) is 6.80. The largest absolute Gasteiger partial charge is 0.437 e. The monoisotopic (exact) mass is 342 g/mol. The molecule has 0 saturated heterocycles. The van der Waals surface area contributed by atoms with E-state index in [0.29, 0.717) is 11.5 Å². The third kappa shape index (κ3) is 2.85. The van der Waals surface area contributed by atoms with Gasteiger partial charge in [-0.2, -0.15) is 4.68 Å². The fraction of sp³-hybridized carbons (Fsp3) is 0.278. The molecule has 2 aromatic heterocycles. The number of carbonyl (C=O) groups is 1. The van der Waals surface area contributed by atoms with E-state index in [4.69, 9.17) is 4.42 Å². The zero-order valence-corrected chi connectivity index (χ0v) is 14.9. The number of nitrogens with zero attached hydrogens (tertiary/aromatic N) is 2. The van der Waals surface area contributed by atoms with Crippen LogP contribution < -0.4 is 5.76 Å². The molecule has 0 fully saturated rings. The highest BCUT2D eigenvalue weighted by Crippen LogP contribution is 2.25. The van der Waals surface area contributed by atoms with Crippen molar-refractivity contribution < 1.29 is 9.21 Å². The van der Waals surface area contributed by atoms with E-state index >= 15 is 0 Å². The molecule has 5 nitrogen and oxygen atoms in total. The van der Waals surface area contributed by atoms with Crippen LogP contribution >= 0.6 is 11.3 Å². The Hall–Kier alpha value is -2.47. The summed E-state index contributed by atoms with van der Waals surface area (Å²) in [5.74, 6) is -0.149. The van der Waals surface area contributed by atoms with E-state index in [-0.39, 0.29) is 12.3 Å². The number of benzene rings is 1. The molecule has 0 N–H and O–H groups in total. The van der Waals surface area contributed by atoms with Crippen LogP contribution in [-0.2, 0) is 6.54 Å². The van der Waals surface area contributed by atoms with Gasteiger partial charge in [-0.15, -0.1) is 16.4 Å². The summed E-state index contributed by atoms with van der Waals surface area (Å²) in [6, 6.07) is 5.72. The summed E-state index contributed by atoms with van der Waals surface area (Å²) >= 11 is 1.47. The summed E-state index contributed by atoms with van der Waals surface area (Å²) in [6.45, 7) is 7.66. The van der Waals surface area contributed by atoms with Crippen molar-refractivity contribution in [2.75, 3.05) is 0 Å². The Morgan fingerprint density at radius 3 is 2.67 bits per heavy atom. The van der Waals surface area contributed by atoms with Crippen LogP contribution in [-0.4, -0.2) is 15.6 Å². The maximum Gasteiger partial charge on any atom is 0.437 e. The number of hydrogen-bond acceptors (Lipinski definition) is 5. The van der Waals surface area contributed by atoms with Crippen LogP contribution in [0.15, 0.2) is 32.8 Å². The van der Waals surface area contributed by atoms with Crippen molar-refractivity contribution in [3.63, 3.8) is 0 Å². The normalized spacial score (nSPS) is 11.0. The molecule has 0 spiro atoms. The number of aryl methyl sites for hydroxylation is 2. The third-order valence-electron chi connectivity index (χ3n) is 4.13. The maximum absolute atomic E-state index is 12.1. The lowest BCUT2D eigenvalue weighted by atomic mass is 9.91. The summed E-state index contributed by atoms with van der Waals surface area (Å²) in [5.41, 5.74) is 4.52. The second kappa shape index (κ2) is 6.20. The summed E-state index contributed by atoms with van der Waals surface area (Å²) in [7, 11) is 0. The molecule has 0 aliphatic carbocycles. The number of thiophene rings is 1. The minimum absolute atomic E-state index is 0.0259. The minimum atomic E-state index is -0.498. The summed E-state index contributed by atoms with van der Waals surface area (Å²) in [5, 5.41) is 6.19. The van der Waals surface area contributed by atoms with Gasteiger partial charge in [-0.25, -0.2) is 4.79 Å². The smallest absolute Gasteiger partial charge is 0.387 e. The first-order chi connectivity index (χ1) is 11.4. The van der Waals surface area contributed by atoms with Crippen molar-refractivity contribution in [3.05, 3.63) is 61.9 Å². The molecule has 24 heavy (non-hydrogen) atoms. The number of carbonyl (C=O) groups excluding carboxylic acids is 1. The average Bonchev–Trinajstić information content (AvgIpc) is 3.12. The van der Waals surface area contributed by atoms with Crippen LogP contribution in [0.2, 0.25) is 0 Å². The number of rotatable bonds is 4. The van der Waals surface area contributed by atoms with Crippen LogP contribution in [0, 0.1) is 20.8 Å². The predicted molar refractivity (Wildman–Crippen MR) is 93.8 cm³/mol. The van der Waals surface area contributed by atoms with Crippen molar-refractivity contribution >= 4 is 17.1 Å². The fourth-order valence-electron chi connectivity index (χ4n) is 3.07. The molecule has 2 heterocycles. The van der Waals surface area contributed by atoms with Crippen molar-refractivity contribution in [1.82, 2.24) is 9.78 Å². The molecule has 0 atom stereocenters. The molecule has 0 bridgehead atoms. The topological polar surface area (TPSA) is 65.1 Å². The van der Waals surface area contributed by atoms with E-state index in [0.717, 1.165) is 27.1 Å². The van der Waals surface area contributed by atoms with Gasteiger partial charge in [-0.05, 0) is 61.4 Å². The Morgan fingerprint density at radius 2 is 2.04 bits per heavy atom. The summed E-state index contributed by atoms with van der Waals surface area (Å²) in [6.07, 6.45) is 0. The Kier molecular flexibility index (Phi) is 4.24. The van der Waals surface area contributed by atoms with Gasteiger partial charge in [0.1, 0.15) is 0 Å². The van der Waals surface area contributed by atoms with E-state index in [2.05, 4.69) is 5.10 Å². The molecule has 124 valence electrons. The van der Waals surface area contributed by atoms with Gasteiger partial charge in [0.25, 0.3) is 5.89 Å². The van der Waals surface area contributed by atoms with Crippen molar-refractivity contribution in [2.24, 2.45) is 0 Å². The van der Waals surface area contributed by atoms with Gasteiger partial charge in [0, 0.05) is 5.56 Å². The Balaban J connectivity index is 2.05. The van der Waals surface area contributed by atoms with Gasteiger partial charge >= 0.3 is 5.76 Å². The lowest BCUT2D eigenvalue weighted by molar-refractivity contribution is 0.101. The molecule has 6 heteroatoms. The van der Waals surface area contributed by atoms with Gasteiger partial charge in [0.2, 0.25) is 0 Å². The average molecular weight is 342 g/mol. The molecule has 1 aromatic carbocycles. The lowest BCUT2D eigenvalue weighted by Gasteiger charge is -2.15. The highest BCUT2D eigenvalue weighted by molar-refractivity contribution is 7.13. The Bertz CT molecular complexity index is 965. The molecule has 0 aliphatic heterocycles. The lowest BCUT2D eigenvalue weighted by Crippen LogP contribution is -2.19. The van der Waals surface area contributed by atoms with E-state index in [1.54, 1.807) is 6.92 Å². The molecule has 0 radical (unpaired) electrons. The van der Waals surface area contributed by atoms with Crippen molar-refractivity contribution in [3.8, 4) is 10.8 Å². The second-order valence-electron chi connectivity index (χ2n) is 5.85. The first-order valence-corrected chi connectivity index (χ1v) is 8.49. The van der Waals surface area contributed by atoms with Crippen molar-refractivity contribution in [1.29, 1.82) is 0 Å². The fourth-order valence-corrected chi connectivity index (χ4v) is 3.71. The molecule has 0 saturated carbocycles. The SMILES string of the molecule is CC(=O)c1c(C)cc(C)c(Cn2nc(-c3cccs3)oc2=O)c1C. The molecule has 0 amide bonds. The summed E-state index contributed by atoms with van der Waals surface area (Å²) in [4.78, 5) is 24.9. The zero-order chi connectivity index (χ0) is 17.4. The maximum atomic E-state index is 12.1. The third-order valence-corrected chi connectivity index (χ3v) is 4.99. The molecule has 3 aromatic rings. The Labute approximate surface area is 143 Å². The van der Waals surface area contributed by atoms with Gasteiger partial charge in [-0.3, -0.25) is 4.79 Å². The molecular formula is C18H18N2O3S.